The topological polar surface area (TPSA) is 25.8 Å². The zero-order valence-electron chi connectivity index (χ0n) is 18.2. The van der Waals surface area contributed by atoms with Crippen molar-refractivity contribution < 1.29 is 0 Å². The summed E-state index contributed by atoms with van der Waals surface area (Å²) in [7, 11) is 0. The maximum absolute atomic E-state index is 5.08. The van der Waals surface area contributed by atoms with Crippen LogP contribution >= 0.6 is 11.3 Å². The molecule has 0 bridgehead atoms. The van der Waals surface area contributed by atoms with E-state index < -0.39 is 0 Å². The van der Waals surface area contributed by atoms with Crippen LogP contribution in [0.5, 0.6) is 0 Å². The summed E-state index contributed by atoms with van der Waals surface area (Å²) in [5, 5.41) is 1.22. The van der Waals surface area contributed by atoms with E-state index in [-0.39, 0.29) is 11.3 Å². The Balaban J connectivity index is 1.66. The smallest absolute Gasteiger partial charge is 0.132 e. The Bertz CT molecular complexity index is 1490. The van der Waals surface area contributed by atoms with Gasteiger partial charge in [0.2, 0.25) is 0 Å². The summed E-state index contributed by atoms with van der Waals surface area (Å²) in [5.74, 6) is 1.18. The first-order valence-electron chi connectivity index (χ1n) is 10.9. The highest BCUT2D eigenvalue weighted by Crippen LogP contribution is 2.50. The fourth-order valence-corrected chi connectivity index (χ4v) is 6.08. The van der Waals surface area contributed by atoms with Crippen molar-refractivity contribution in [3.63, 3.8) is 0 Å². The van der Waals surface area contributed by atoms with Crippen molar-refractivity contribution >= 4 is 31.6 Å². The summed E-state index contributed by atoms with van der Waals surface area (Å²) in [6.45, 7) is 8.98. The zero-order valence-corrected chi connectivity index (χ0v) is 19.0. The molecule has 0 saturated heterocycles. The van der Waals surface area contributed by atoms with Gasteiger partial charge in [-0.25, -0.2) is 9.97 Å². The summed E-state index contributed by atoms with van der Waals surface area (Å²) in [5.41, 5.74) is 8.80. The van der Waals surface area contributed by atoms with Crippen LogP contribution in [-0.2, 0) is 5.41 Å². The second kappa shape index (κ2) is 6.48. The van der Waals surface area contributed by atoms with Gasteiger partial charge in [-0.2, -0.15) is 0 Å². The van der Waals surface area contributed by atoms with Crippen LogP contribution in [0.15, 0.2) is 66.7 Å². The lowest BCUT2D eigenvalue weighted by Gasteiger charge is -2.21. The first kappa shape index (κ1) is 18.7. The molecule has 0 unspecified atom stereocenters. The Morgan fingerprint density at radius 3 is 2.39 bits per heavy atom. The van der Waals surface area contributed by atoms with E-state index in [9.17, 15) is 0 Å². The Hall–Kier alpha value is -3.04. The van der Waals surface area contributed by atoms with Gasteiger partial charge in [-0.1, -0.05) is 82.3 Å². The minimum Gasteiger partial charge on any atom is -0.231 e. The molecular weight excluding hydrogens is 396 g/mol. The number of fused-ring (bicyclic) bond motifs is 6. The molecule has 3 heteroatoms. The van der Waals surface area contributed by atoms with Gasteiger partial charge in [-0.3, -0.25) is 0 Å². The quantitative estimate of drug-likeness (QED) is 0.290. The number of rotatable bonds is 2. The van der Waals surface area contributed by atoms with E-state index in [0.717, 1.165) is 17.0 Å². The lowest BCUT2D eigenvalue weighted by molar-refractivity contribution is 0.660. The number of hydrogen-bond donors (Lipinski definition) is 0. The molecule has 0 amide bonds. The van der Waals surface area contributed by atoms with Crippen molar-refractivity contribution in [2.75, 3.05) is 0 Å². The molecule has 6 rings (SSSR count). The highest BCUT2D eigenvalue weighted by atomic mass is 32.1. The third-order valence-electron chi connectivity index (χ3n) is 6.61. The summed E-state index contributed by atoms with van der Waals surface area (Å²) in [6, 6.07) is 24.3. The van der Waals surface area contributed by atoms with E-state index >= 15 is 0 Å². The summed E-state index contributed by atoms with van der Waals surface area (Å²) >= 11 is 1.80. The molecule has 2 aromatic heterocycles. The third kappa shape index (κ3) is 2.63. The SMILES string of the molecule is CC(C)c1nc(-c2ccc3c(c2)-c2ccccc2C3(C)C)c2sc3ccccc3c2n1. The van der Waals surface area contributed by atoms with E-state index in [1.54, 1.807) is 11.3 Å². The van der Waals surface area contributed by atoms with Gasteiger partial charge in [0, 0.05) is 27.0 Å². The second-order valence-electron chi connectivity index (χ2n) is 9.29. The molecule has 0 radical (unpaired) electrons. The largest absolute Gasteiger partial charge is 0.231 e. The number of nitrogens with zero attached hydrogens (tertiary/aromatic N) is 2. The number of hydrogen-bond acceptors (Lipinski definition) is 3. The van der Waals surface area contributed by atoms with Crippen molar-refractivity contribution in [2.45, 2.75) is 39.0 Å². The van der Waals surface area contributed by atoms with Crippen LogP contribution in [0.25, 0.3) is 42.7 Å². The molecule has 2 nitrogen and oxygen atoms in total. The van der Waals surface area contributed by atoms with E-state index in [1.807, 2.05) is 0 Å². The minimum atomic E-state index is 0.0200. The first-order chi connectivity index (χ1) is 14.9. The van der Waals surface area contributed by atoms with Crippen molar-refractivity contribution in [3.05, 3.63) is 83.7 Å². The highest BCUT2D eigenvalue weighted by Gasteiger charge is 2.35. The van der Waals surface area contributed by atoms with Gasteiger partial charge in [-0.05, 0) is 34.4 Å². The molecule has 2 heterocycles. The van der Waals surface area contributed by atoms with Crippen molar-refractivity contribution in [1.82, 2.24) is 9.97 Å². The lowest BCUT2D eigenvalue weighted by atomic mass is 9.82. The van der Waals surface area contributed by atoms with Crippen molar-refractivity contribution in [1.29, 1.82) is 0 Å². The Morgan fingerprint density at radius 2 is 1.55 bits per heavy atom. The van der Waals surface area contributed by atoms with Gasteiger partial charge in [0.05, 0.1) is 15.9 Å². The molecular formula is C28H24N2S. The standard InChI is InChI=1S/C28H24N2S/c1-16(2)27-29-24(26-25(30-27)19-10-6-8-12-23(19)31-26)17-13-14-22-20(15-17)18-9-5-7-11-21(18)28(22,3)4/h5-16H,1-4H3. The lowest BCUT2D eigenvalue weighted by Crippen LogP contribution is -2.14. The van der Waals surface area contributed by atoms with Crippen LogP contribution in [-0.4, -0.2) is 9.97 Å². The van der Waals surface area contributed by atoms with Gasteiger partial charge in [-0.15, -0.1) is 11.3 Å². The summed E-state index contributed by atoms with van der Waals surface area (Å²) < 4.78 is 2.44. The van der Waals surface area contributed by atoms with Gasteiger partial charge in [0.25, 0.3) is 0 Å². The maximum atomic E-state index is 5.08. The van der Waals surface area contributed by atoms with Crippen LogP contribution in [0.2, 0.25) is 0 Å². The molecule has 152 valence electrons. The molecule has 1 aliphatic rings. The number of benzene rings is 3. The van der Waals surface area contributed by atoms with Crippen molar-refractivity contribution in [2.24, 2.45) is 0 Å². The van der Waals surface area contributed by atoms with Crippen molar-refractivity contribution in [3.8, 4) is 22.4 Å². The summed E-state index contributed by atoms with van der Waals surface area (Å²) in [4.78, 5) is 10.1. The number of aromatic nitrogens is 2. The molecule has 31 heavy (non-hydrogen) atoms. The zero-order chi connectivity index (χ0) is 21.3. The van der Waals surface area contributed by atoms with Crippen LogP contribution in [0, 0.1) is 0 Å². The van der Waals surface area contributed by atoms with E-state index in [1.165, 1.54) is 42.6 Å². The molecule has 0 fully saturated rings. The molecule has 0 atom stereocenters. The van der Waals surface area contributed by atoms with Gasteiger partial charge in [0.1, 0.15) is 5.82 Å². The van der Waals surface area contributed by atoms with E-state index in [4.69, 9.17) is 9.97 Å². The Labute approximate surface area is 186 Å². The Morgan fingerprint density at radius 1 is 0.806 bits per heavy atom. The number of thiophene rings is 1. The average Bonchev–Trinajstić information content (AvgIpc) is 3.26. The molecule has 3 aromatic carbocycles. The van der Waals surface area contributed by atoms with E-state index in [2.05, 4.69) is 94.4 Å². The third-order valence-corrected chi connectivity index (χ3v) is 7.78. The Kier molecular flexibility index (Phi) is 3.91. The fraction of sp³-hybridized carbons (Fsp3) is 0.214. The van der Waals surface area contributed by atoms with Gasteiger partial charge >= 0.3 is 0 Å². The normalized spacial score (nSPS) is 14.4. The monoisotopic (exact) mass is 420 g/mol. The minimum absolute atomic E-state index is 0.0200. The highest BCUT2D eigenvalue weighted by molar-refractivity contribution is 7.26. The summed E-state index contributed by atoms with van der Waals surface area (Å²) in [6.07, 6.45) is 0. The van der Waals surface area contributed by atoms with Crippen LogP contribution in [0.4, 0.5) is 0 Å². The molecule has 1 aliphatic carbocycles. The molecule has 0 aliphatic heterocycles. The predicted molar refractivity (Wildman–Crippen MR) is 132 cm³/mol. The molecule has 0 spiro atoms. The fourth-order valence-electron chi connectivity index (χ4n) is 4.93. The van der Waals surface area contributed by atoms with E-state index in [0.29, 0.717) is 0 Å². The predicted octanol–water partition coefficient (Wildman–Crippen LogP) is 7.94. The average molecular weight is 421 g/mol. The molecule has 5 aromatic rings. The first-order valence-corrected chi connectivity index (χ1v) is 11.7. The maximum Gasteiger partial charge on any atom is 0.132 e. The second-order valence-corrected chi connectivity index (χ2v) is 10.3. The van der Waals surface area contributed by atoms with Gasteiger partial charge < -0.3 is 0 Å². The van der Waals surface area contributed by atoms with Crippen LogP contribution in [0.1, 0.15) is 50.6 Å². The van der Waals surface area contributed by atoms with Gasteiger partial charge in [0.15, 0.2) is 0 Å². The molecule has 0 N–H and O–H groups in total. The van der Waals surface area contributed by atoms with Crippen LogP contribution < -0.4 is 0 Å². The molecule has 0 saturated carbocycles. The van der Waals surface area contributed by atoms with Crippen LogP contribution in [0.3, 0.4) is 0 Å².